The molecule has 1 aromatic heterocycles. The second-order valence-electron chi connectivity index (χ2n) is 2.24. The number of carboxylic acids is 1. The Bertz CT molecular complexity index is 323. The maximum Gasteiger partial charge on any atom is 0.354 e. The van der Waals surface area contributed by atoms with E-state index in [1.165, 1.54) is 6.20 Å². The fourth-order valence-corrected chi connectivity index (χ4v) is 0.753. The Hall–Kier alpha value is -1.98. The number of carboxylic acid groups (broad SMARTS) is 1. The predicted octanol–water partition coefficient (Wildman–Crippen LogP) is -0.0661. The largest absolute Gasteiger partial charge is 0.477 e. The molecule has 0 amide bonds. The van der Waals surface area contributed by atoms with Gasteiger partial charge in [-0.3, -0.25) is 0 Å². The molecular formula is C7H7N3O3. The third kappa shape index (κ3) is 2.51. The summed E-state index contributed by atoms with van der Waals surface area (Å²) in [5.41, 5.74) is 0.0817. The highest BCUT2D eigenvalue weighted by molar-refractivity contribution is 6.35. The topological polar surface area (TPSA) is 95.7 Å². The van der Waals surface area contributed by atoms with Gasteiger partial charge in [0.1, 0.15) is 0 Å². The zero-order valence-electron chi connectivity index (χ0n) is 6.58. The first-order valence-electron chi connectivity index (χ1n) is 3.45. The van der Waals surface area contributed by atoms with Crippen LogP contribution in [0.5, 0.6) is 0 Å². The Morgan fingerprint density at radius 3 is 2.85 bits per heavy atom. The zero-order valence-corrected chi connectivity index (χ0v) is 6.58. The number of aromatic nitrogens is 2. The molecule has 0 saturated carbocycles. The van der Waals surface area contributed by atoms with E-state index in [1.807, 2.05) is 0 Å². The van der Waals surface area contributed by atoms with Gasteiger partial charge in [0, 0.05) is 12.6 Å². The molecular weight excluding hydrogens is 174 g/mol. The normalized spacial score (nSPS) is 11.2. The lowest BCUT2D eigenvalue weighted by molar-refractivity contribution is -0.129. The van der Waals surface area contributed by atoms with Crippen molar-refractivity contribution in [3.8, 4) is 0 Å². The molecule has 1 heterocycles. The molecule has 1 rings (SSSR count). The monoisotopic (exact) mass is 181 g/mol. The minimum atomic E-state index is -1.27. The highest BCUT2D eigenvalue weighted by Gasteiger charge is 2.11. The lowest BCUT2D eigenvalue weighted by Crippen LogP contribution is -2.16. The van der Waals surface area contributed by atoms with Crippen LogP contribution in [0.1, 0.15) is 5.69 Å². The summed E-state index contributed by atoms with van der Waals surface area (Å²) in [6, 6.07) is 3.22. The van der Waals surface area contributed by atoms with Gasteiger partial charge >= 0.3 is 5.97 Å². The summed E-state index contributed by atoms with van der Waals surface area (Å²) in [6.45, 7) is 0. The van der Waals surface area contributed by atoms with E-state index in [0.717, 1.165) is 0 Å². The van der Waals surface area contributed by atoms with Gasteiger partial charge in [-0.15, -0.1) is 0 Å². The molecule has 2 N–H and O–H groups in total. The fraction of sp³-hybridized carbons (Fsp3) is 0.143. The van der Waals surface area contributed by atoms with Crippen LogP contribution in [0.2, 0.25) is 0 Å². The van der Waals surface area contributed by atoms with Gasteiger partial charge in [-0.1, -0.05) is 5.16 Å². The van der Waals surface area contributed by atoms with E-state index in [4.69, 9.17) is 10.3 Å². The van der Waals surface area contributed by atoms with Crippen molar-refractivity contribution in [3.63, 3.8) is 0 Å². The quantitative estimate of drug-likeness (QED) is 0.386. The van der Waals surface area contributed by atoms with Gasteiger partial charge in [0.2, 0.25) is 0 Å². The second kappa shape index (κ2) is 4.15. The van der Waals surface area contributed by atoms with E-state index in [2.05, 4.69) is 15.4 Å². The van der Waals surface area contributed by atoms with Crippen molar-refractivity contribution in [3.05, 3.63) is 24.0 Å². The second-order valence-corrected chi connectivity index (χ2v) is 2.24. The predicted molar refractivity (Wildman–Crippen MR) is 42.6 cm³/mol. The summed E-state index contributed by atoms with van der Waals surface area (Å²) in [6.07, 6.45) is 1.43. The maximum atomic E-state index is 10.4. The molecule has 0 atom stereocenters. The van der Waals surface area contributed by atoms with Crippen molar-refractivity contribution in [2.24, 2.45) is 5.16 Å². The summed E-state index contributed by atoms with van der Waals surface area (Å²) in [7, 11) is 0. The van der Waals surface area contributed by atoms with Gasteiger partial charge in [0.15, 0.2) is 5.71 Å². The van der Waals surface area contributed by atoms with Gasteiger partial charge in [0.25, 0.3) is 0 Å². The van der Waals surface area contributed by atoms with E-state index < -0.39 is 5.97 Å². The standard InChI is InChI=1S/C7H7N3O3/c11-7(12)6(10-13)4-5-2-1-3-8-9-5/h1-3,13H,4H2,(H,11,12)/b10-6+. The van der Waals surface area contributed by atoms with Crippen molar-refractivity contribution < 1.29 is 15.1 Å². The van der Waals surface area contributed by atoms with E-state index in [0.29, 0.717) is 5.69 Å². The third-order valence-electron chi connectivity index (χ3n) is 1.34. The Kier molecular flexibility index (Phi) is 2.91. The van der Waals surface area contributed by atoms with Crippen molar-refractivity contribution >= 4 is 11.7 Å². The first kappa shape index (κ1) is 9.11. The van der Waals surface area contributed by atoms with Gasteiger partial charge in [-0.25, -0.2) is 4.79 Å². The molecule has 0 fully saturated rings. The Morgan fingerprint density at radius 2 is 2.38 bits per heavy atom. The molecule has 0 unspecified atom stereocenters. The lowest BCUT2D eigenvalue weighted by atomic mass is 10.2. The molecule has 1 aromatic rings. The van der Waals surface area contributed by atoms with E-state index in [1.54, 1.807) is 12.1 Å². The zero-order chi connectivity index (χ0) is 9.68. The van der Waals surface area contributed by atoms with Crippen molar-refractivity contribution in [2.75, 3.05) is 0 Å². The number of hydrogen-bond donors (Lipinski definition) is 2. The molecule has 0 aromatic carbocycles. The first-order valence-corrected chi connectivity index (χ1v) is 3.45. The minimum absolute atomic E-state index is 0.0420. The van der Waals surface area contributed by atoms with E-state index in [-0.39, 0.29) is 12.1 Å². The smallest absolute Gasteiger partial charge is 0.354 e. The molecule has 0 aliphatic carbocycles. The molecule has 0 aliphatic heterocycles. The number of rotatable bonds is 3. The van der Waals surface area contributed by atoms with Gasteiger partial charge in [0.05, 0.1) is 5.69 Å². The number of aliphatic carboxylic acids is 1. The van der Waals surface area contributed by atoms with Crippen molar-refractivity contribution in [1.29, 1.82) is 0 Å². The Morgan fingerprint density at radius 1 is 1.62 bits per heavy atom. The average Bonchev–Trinajstić information content (AvgIpc) is 2.15. The van der Waals surface area contributed by atoms with Crippen molar-refractivity contribution in [2.45, 2.75) is 6.42 Å². The Labute approximate surface area is 73.5 Å². The van der Waals surface area contributed by atoms with Crippen LogP contribution in [0.4, 0.5) is 0 Å². The van der Waals surface area contributed by atoms with Crippen LogP contribution in [-0.2, 0) is 11.2 Å². The molecule has 0 radical (unpaired) electrons. The van der Waals surface area contributed by atoms with Crippen LogP contribution < -0.4 is 0 Å². The molecule has 6 heteroatoms. The molecule has 0 aliphatic rings. The summed E-state index contributed by atoms with van der Waals surface area (Å²) in [4.78, 5) is 10.4. The van der Waals surface area contributed by atoms with Crippen LogP contribution in [0.25, 0.3) is 0 Å². The number of oxime groups is 1. The summed E-state index contributed by atoms with van der Waals surface area (Å²) in [5.74, 6) is -1.27. The summed E-state index contributed by atoms with van der Waals surface area (Å²) >= 11 is 0. The third-order valence-corrected chi connectivity index (χ3v) is 1.34. The molecule has 6 nitrogen and oxygen atoms in total. The molecule has 0 bridgehead atoms. The first-order chi connectivity index (χ1) is 6.24. The average molecular weight is 181 g/mol. The highest BCUT2D eigenvalue weighted by atomic mass is 16.4. The van der Waals surface area contributed by atoms with Gasteiger partial charge in [-0.05, 0) is 12.1 Å². The highest BCUT2D eigenvalue weighted by Crippen LogP contribution is 1.95. The van der Waals surface area contributed by atoms with E-state index >= 15 is 0 Å². The summed E-state index contributed by atoms with van der Waals surface area (Å²) in [5, 5.41) is 26.6. The molecule has 0 spiro atoms. The molecule has 68 valence electrons. The Balaban J connectivity index is 2.74. The number of carbonyl (C=O) groups is 1. The SMILES string of the molecule is O=C(O)/C(Cc1cccnn1)=N/O. The molecule has 0 saturated heterocycles. The number of nitrogens with zero attached hydrogens (tertiary/aromatic N) is 3. The fourth-order valence-electron chi connectivity index (χ4n) is 0.753. The van der Waals surface area contributed by atoms with Crippen LogP contribution in [0.15, 0.2) is 23.5 Å². The molecule has 13 heavy (non-hydrogen) atoms. The van der Waals surface area contributed by atoms with Crippen LogP contribution in [-0.4, -0.2) is 32.2 Å². The van der Waals surface area contributed by atoms with Gasteiger partial charge < -0.3 is 10.3 Å². The van der Waals surface area contributed by atoms with Crippen LogP contribution in [0.3, 0.4) is 0 Å². The lowest BCUT2D eigenvalue weighted by Gasteiger charge is -1.96. The van der Waals surface area contributed by atoms with Crippen molar-refractivity contribution in [1.82, 2.24) is 10.2 Å². The minimum Gasteiger partial charge on any atom is -0.477 e. The maximum absolute atomic E-state index is 10.4. The van der Waals surface area contributed by atoms with Crippen LogP contribution in [0, 0.1) is 0 Å². The summed E-state index contributed by atoms with van der Waals surface area (Å²) < 4.78 is 0. The van der Waals surface area contributed by atoms with Crippen LogP contribution >= 0.6 is 0 Å². The number of hydrogen-bond acceptors (Lipinski definition) is 5. The van der Waals surface area contributed by atoms with Gasteiger partial charge in [-0.2, -0.15) is 10.2 Å². The van der Waals surface area contributed by atoms with E-state index in [9.17, 15) is 4.79 Å².